The van der Waals surface area contributed by atoms with Crippen molar-refractivity contribution in [1.82, 2.24) is 9.88 Å². The van der Waals surface area contributed by atoms with Gasteiger partial charge in [-0.2, -0.15) is 13.2 Å². The van der Waals surface area contributed by atoms with E-state index in [1.807, 2.05) is 0 Å². The molecule has 0 bridgehead atoms. The second-order valence-electron chi connectivity index (χ2n) is 4.50. The molecule has 2 heterocycles. The summed E-state index contributed by atoms with van der Waals surface area (Å²) in [6.45, 7) is 0.0928. The highest BCUT2D eigenvalue weighted by molar-refractivity contribution is 5.96. The Balaban J connectivity index is 2.03. The van der Waals surface area contributed by atoms with Crippen molar-refractivity contribution in [1.29, 1.82) is 0 Å². The SMILES string of the molecule is O=C(c1ccncc1O)N1CCC(C(F)(F)F)CC1. The standard InChI is InChI=1S/C12H13F3N2O2/c13-12(14,15)8-2-5-17(6-3-8)11(19)9-1-4-16-7-10(9)18/h1,4,7-8,18H,2-3,5-6H2. The average Bonchev–Trinajstić information content (AvgIpc) is 2.38. The van der Waals surface area contributed by atoms with Crippen molar-refractivity contribution in [2.24, 2.45) is 5.92 Å². The van der Waals surface area contributed by atoms with Crippen molar-refractivity contribution in [2.75, 3.05) is 13.1 Å². The van der Waals surface area contributed by atoms with Crippen LogP contribution in [0, 0.1) is 5.92 Å². The van der Waals surface area contributed by atoms with E-state index in [9.17, 15) is 23.1 Å². The lowest BCUT2D eigenvalue weighted by atomic mass is 9.96. The van der Waals surface area contributed by atoms with Crippen LogP contribution in [0.25, 0.3) is 0 Å². The zero-order valence-corrected chi connectivity index (χ0v) is 10.0. The van der Waals surface area contributed by atoms with Crippen LogP contribution in [-0.2, 0) is 0 Å². The van der Waals surface area contributed by atoms with Crippen molar-refractivity contribution in [2.45, 2.75) is 19.0 Å². The van der Waals surface area contributed by atoms with Gasteiger partial charge in [0.1, 0.15) is 5.75 Å². The minimum Gasteiger partial charge on any atom is -0.505 e. The van der Waals surface area contributed by atoms with Crippen LogP contribution in [0.2, 0.25) is 0 Å². The van der Waals surface area contributed by atoms with E-state index >= 15 is 0 Å². The highest BCUT2D eigenvalue weighted by Crippen LogP contribution is 2.34. The van der Waals surface area contributed by atoms with Crippen LogP contribution in [0.15, 0.2) is 18.5 Å². The fourth-order valence-electron chi connectivity index (χ4n) is 2.15. The first-order valence-electron chi connectivity index (χ1n) is 5.88. The summed E-state index contributed by atoms with van der Waals surface area (Å²) < 4.78 is 37.5. The number of hydrogen-bond acceptors (Lipinski definition) is 3. The van der Waals surface area contributed by atoms with Gasteiger partial charge in [0.15, 0.2) is 0 Å². The maximum Gasteiger partial charge on any atom is 0.391 e. The van der Waals surface area contributed by atoms with Crippen molar-refractivity contribution < 1.29 is 23.1 Å². The van der Waals surface area contributed by atoms with Crippen molar-refractivity contribution in [3.63, 3.8) is 0 Å². The Morgan fingerprint density at radius 3 is 2.53 bits per heavy atom. The molecule has 7 heteroatoms. The number of likely N-dealkylation sites (tertiary alicyclic amines) is 1. The molecule has 2 rings (SSSR count). The second-order valence-corrected chi connectivity index (χ2v) is 4.50. The van der Waals surface area contributed by atoms with Crippen LogP contribution in [0.5, 0.6) is 5.75 Å². The summed E-state index contributed by atoms with van der Waals surface area (Å²) in [5.74, 6) is -2.06. The Morgan fingerprint density at radius 2 is 2.00 bits per heavy atom. The number of aromatic nitrogens is 1. The maximum atomic E-state index is 12.5. The summed E-state index contributed by atoms with van der Waals surface area (Å²) in [7, 11) is 0. The minimum atomic E-state index is -4.20. The molecule has 1 aliphatic rings. The van der Waals surface area contributed by atoms with Crippen LogP contribution in [0.3, 0.4) is 0 Å². The summed E-state index contributed by atoms with van der Waals surface area (Å²) in [5.41, 5.74) is 0.0699. The number of alkyl halides is 3. The van der Waals surface area contributed by atoms with Gasteiger partial charge in [0, 0.05) is 19.3 Å². The molecule has 0 aromatic carbocycles. The van der Waals surface area contributed by atoms with Gasteiger partial charge in [0.2, 0.25) is 0 Å². The Labute approximate surface area is 107 Å². The van der Waals surface area contributed by atoms with Crippen LogP contribution in [-0.4, -0.2) is 40.2 Å². The molecular formula is C12H13F3N2O2. The molecule has 4 nitrogen and oxygen atoms in total. The Bertz CT molecular complexity index is 468. The van der Waals surface area contributed by atoms with Crippen LogP contribution >= 0.6 is 0 Å². The van der Waals surface area contributed by atoms with E-state index in [1.54, 1.807) is 0 Å². The third-order valence-corrected chi connectivity index (χ3v) is 3.28. The smallest absolute Gasteiger partial charge is 0.391 e. The number of nitrogens with zero attached hydrogens (tertiary/aromatic N) is 2. The highest BCUT2D eigenvalue weighted by Gasteiger charge is 2.41. The van der Waals surface area contributed by atoms with E-state index in [2.05, 4.69) is 4.98 Å². The van der Waals surface area contributed by atoms with E-state index in [0.29, 0.717) is 0 Å². The largest absolute Gasteiger partial charge is 0.505 e. The predicted molar refractivity (Wildman–Crippen MR) is 60.6 cm³/mol. The fraction of sp³-hybridized carbons (Fsp3) is 0.500. The molecule has 1 aliphatic heterocycles. The van der Waals surface area contributed by atoms with E-state index < -0.39 is 18.0 Å². The number of rotatable bonds is 1. The molecule has 104 valence electrons. The van der Waals surface area contributed by atoms with E-state index in [1.165, 1.54) is 17.2 Å². The average molecular weight is 274 g/mol. The number of halogens is 3. The molecule has 0 saturated carbocycles. The molecule has 0 radical (unpaired) electrons. The number of carbonyl (C=O) groups is 1. The van der Waals surface area contributed by atoms with Crippen molar-refractivity contribution >= 4 is 5.91 Å². The van der Waals surface area contributed by atoms with Gasteiger partial charge in [-0.15, -0.1) is 0 Å². The van der Waals surface area contributed by atoms with E-state index in [-0.39, 0.29) is 37.2 Å². The number of carbonyl (C=O) groups excluding carboxylic acids is 1. The Hall–Kier alpha value is -1.79. The summed E-state index contributed by atoms with van der Waals surface area (Å²) in [4.78, 5) is 17.0. The fourth-order valence-corrected chi connectivity index (χ4v) is 2.15. The van der Waals surface area contributed by atoms with Gasteiger partial charge in [0.05, 0.1) is 17.7 Å². The summed E-state index contributed by atoms with van der Waals surface area (Å²) in [5, 5.41) is 9.50. The molecule has 19 heavy (non-hydrogen) atoms. The number of hydrogen-bond donors (Lipinski definition) is 1. The van der Waals surface area contributed by atoms with Gasteiger partial charge in [-0.25, -0.2) is 0 Å². The maximum absolute atomic E-state index is 12.5. The number of piperidine rings is 1. The highest BCUT2D eigenvalue weighted by atomic mass is 19.4. The van der Waals surface area contributed by atoms with Gasteiger partial charge >= 0.3 is 6.18 Å². The molecule has 1 aromatic heterocycles. The summed E-state index contributed by atoms with van der Waals surface area (Å²) in [6.07, 6.45) is -1.90. The first-order valence-corrected chi connectivity index (χ1v) is 5.88. The molecule has 1 saturated heterocycles. The third kappa shape index (κ3) is 2.97. The van der Waals surface area contributed by atoms with E-state index in [4.69, 9.17) is 0 Å². The molecule has 1 N–H and O–H groups in total. The quantitative estimate of drug-likeness (QED) is 0.854. The molecule has 1 amide bonds. The Morgan fingerprint density at radius 1 is 1.37 bits per heavy atom. The molecule has 0 spiro atoms. The lowest BCUT2D eigenvalue weighted by molar-refractivity contribution is -0.183. The van der Waals surface area contributed by atoms with Crippen LogP contribution in [0.1, 0.15) is 23.2 Å². The summed E-state index contributed by atoms with van der Waals surface area (Å²) in [6, 6.07) is 1.35. The zero-order chi connectivity index (χ0) is 14.0. The molecule has 1 fully saturated rings. The second kappa shape index (κ2) is 5.07. The van der Waals surface area contributed by atoms with E-state index in [0.717, 1.165) is 6.20 Å². The molecule has 0 unspecified atom stereocenters. The Kier molecular flexibility index (Phi) is 3.64. The van der Waals surface area contributed by atoms with Gasteiger partial charge in [-0.3, -0.25) is 9.78 Å². The molecule has 0 aliphatic carbocycles. The number of pyridine rings is 1. The first-order chi connectivity index (χ1) is 8.89. The normalized spacial score (nSPS) is 17.5. The lowest BCUT2D eigenvalue weighted by Crippen LogP contribution is -2.42. The van der Waals surface area contributed by atoms with Gasteiger partial charge in [-0.1, -0.05) is 0 Å². The topological polar surface area (TPSA) is 53.4 Å². The van der Waals surface area contributed by atoms with Crippen LogP contribution in [0.4, 0.5) is 13.2 Å². The van der Waals surface area contributed by atoms with Gasteiger partial charge in [0.25, 0.3) is 5.91 Å². The van der Waals surface area contributed by atoms with Gasteiger partial charge in [-0.05, 0) is 18.9 Å². The number of amides is 1. The van der Waals surface area contributed by atoms with Crippen molar-refractivity contribution in [3.8, 4) is 5.75 Å². The zero-order valence-electron chi connectivity index (χ0n) is 10.0. The monoisotopic (exact) mass is 274 g/mol. The number of aromatic hydroxyl groups is 1. The lowest BCUT2D eigenvalue weighted by Gasteiger charge is -2.33. The molecular weight excluding hydrogens is 261 g/mol. The van der Waals surface area contributed by atoms with Gasteiger partial charge < -0.3 is 10.0 Å². The summed E-state index contributed by atoms with van der Waals surface area (Å²) >= 11 is 0. The predicted octanol–water partition coefficient (Wildman–Crippen LogP) is 2.20. The molecule has 1 aromatic rings. The van der Waals surface area contributed by atoms with Crippen LogP contribution < -0.4 is 0 Å². The minimum absolute atomic E-state index is 0.0464. The van der Waals surface area contributed by atoms with Crippen molar-refractivity contribution in [3.05, 3.63) is 24.0 Å². The third-order valence-electron chi connectivity index (χ3n) is 3.28. The first kappa shape index (κ1) is 13.6. The molecule has 0 atom stereocenters.